The summed E-state index contributed by atoms with van der Waals surface area (Å²) in [7, 11) is 0. The zero-order valence-electron chi connectivity index (χ0n) is 12.4. The molecule has 23 heavy (non-hydrogen) atoms. The minimum atomic E-state index is -0.923. The number of rotatable bonds is 2. The number of hydrogen-bond donors (Lipinski definition) is 1. The van der Waals surface area contributed by atoms with Crippen LogP contribution in [-0.2, 0) is 0 Å². The molecule has 2 nitrogen and oxygen atoms in total. The van der Waals surface area contributed by atoms with Gasteiger partial charge in [0.25, 0.3) is 0 Å². The third kappa shape index (κ3) is 3.48. The van der Waals surface area contributed by atoms with E-state index in [9.17, 15) is 9.90 Å². The molecule has 3 rings (SSSR count). The Kier molecular flexibility index (Phi) is 4.22. The Labute approximate surface area is 135 Å². The molecule has 0 heterocycles. The average Bonchev–Trinajstić information content (AvgIpc) is 2.61. The maximum atomic E-state index is 11.3. The molecule has 0 aromatic heterocycles. The van der Waals surface area contributed by atoms with E-state index in [0.717, 1.165) is 16.7 Å². The van der Waals surface area contributed by atoms with E-state index >= 15 is 0 Å². The van der Waals surface area contributed by atoms with Gasteiger partial charge in [0, 0.05) is 11.1 Å². The number of carboxylic acid groups (broad SMARTS) is 1. The van der Waals surface area contributed by atoms with Crippen molar-refractivity contribution in [1.82, 2.24) is 0 Å². The normalized spacial score (nSPS) is 9.74. The van der Waals surface area contributed by atoms with Crippen molar-refractivity contribution in [3.8, 4) is 23.0 Å². The van der Waals surface area contributed by atoms with Crippen LogP contribution in [0, 0.1) is 11.8 Å². The van der Waals surface area contributed by atoms with Crippen molar-refractivity contribution in [2.45, 2.75) is 0 Å². The van der Waals surface area contributed by atoms with Gasteiger partial charge >= 0.3 is 5.97 Å². The Morgan fingerprint density at radius 3 is 1.91 bits per heavy atom. The second-order valence-corrected chi connectivity index (χ2v) is 5.04. The van der Waals surface area contributed by atoms with Crippen LogP contribution in [0.25, 0.3) is 11.1 Å². The van der Waals surface area contributed by atoms with E-state index < -0.39 is 5.97 Å². The van der Waals surface area contributed by atoms with Crippen LogP contribution in [-0.4, -0.2) is 11.1 Å². The van der Waals surface area contributed by atoms with Crippen LogP contribution >= 0.6 is 0 Å². The van der Waals surface area contributed by atoms with Crippen molar-refractivity contribution in [3.63, 3.8) is 0 Å². The fourth-order valence-corrected chi connectivity index (χ4v) is 2.32. The molecule has 1 N–H and O–H groups in total. The Bertz CT molecular complexity index is 882. The second kappa shape index (κ2) is 6.64. The smallest absolute Gasteiger partial charge is 0.336 e. The topological polar surface area (TPSA) is 37.3 Å². The van der Waals surface area contributed by atoms with Gasteiger partial charge < -0.3 is 5.11 Å². The van der Waals surface area contributed by atoms with Crippen molar-refractivity contribution >= 4 is 5.97 Å². The Morgan fingerprint density at radius 2 is 1.26 bits per heavy atom. The van der Waals surface area contributed by atoms with Crippen LogP contribution in [0.15, 0.2) is 78.9 Å². The molecule has 3 aromatic rings. The molecule has 2 heteroatoms. The highest BCUT2D eigenvalue weighted by Gasteiger charge is 2.10. The van der Waals surface area contributed by atoms with Gasteiger partial charge in [-0.1, -0.05) is 60.4 Å². The van der Waals surface area contributed by atoms with Crippen LogP contribution in [0.5, 0.6) is 0 Å². The van der Waals surface area contributed by atoms with Crippen molar-refractivity contribution in [2.24, 2.45) is 0 Å². The molecule has 0 radical (unpaired) electrons. The number of carboxylic acids is 1. The summed E-state index contributed by atoms with van der Waals surface area (Å²) in [4.78, 5) is 11.3. The van der Waals surface area contributed by atoms with Crippen molar-refractivity contribution in [2.75, 3.05) is 0 Å². The van der Waals surface area contributed by atoms with Crippen LogP contribution < -0.4 is 0 Å². The predicted octanol–water partition coefficient (Wildman–Crippen LogP) is 4.45. The van der Waals surface area contributed by atoms with Crippen molar-refractivity contribution in [1.29, 1.82) is 0 Å². The van der Waals surface area contributed by atoms with E-state index in [1.807, 2.05) is 66.7 Å². The molecule has 0 bridgehead atoms. The van der Waals surface area contributed by atoms with Gasteiger partial charge in [-0.25, -0.2) is 4.79 Å². The Morgan fingerprint density at radius 1 is 0.696 bits per heavy atom. The molecule has 0 atom stereocenters. The van der Waals surface area contributed by atoms with Gasteiger partial charge in [0.1, 0.15) is 0 Å². The summed E-state index contributed by atoms with van der Waals surface area (Å²) in [6.45, 7) is 0. The van der Waals surface area contributed by atoms with Gasteiger partial charge in [0.2, 0.25) is 0 Å². The van der Waals surface area contributed by atoms with Gasteiger partial charge in [-0.05, 0) is 41.5 Å². The average molecular weight is 298 g/mol. The Balaban J connectivity index is 1.89. The van der Waals surface area contributed by atoms with E-state index in [1.165, 1.54) is 0 Å². The molecule has 0 aliphatic heterocycles. The lowest BCUT2D eigenvalue weighted by Gasteiger charge is -2.06. The zero-order valence-corrected chi connectivity index (χ0v) is 12.4. The standard InChI is InChI=1S/C21H14O2/c22-21(23)20-9-5-4-8-19(20)18-14-12-17(13-15-18)11-10-16-6-2-1-3-7-16/h1-9,12-15H,(H,22,23). The second-order valence-electron chi connectivity index (χ2n) is 5.04. The summed E-state index contributed by atoms with van der Waals surface area (Å²) < 4.78 is 0. The maximum absolute atomic E-state index is 11.3. The lowest BCUT2D eigenvalue weighted by Crippen LogP contribution is -1.98. The van der Waals surface area contributed by atoms with Crippen LogP contribution in [0.3, 0.4) is 0 Å². The Hall–Kier alpha value is -3.31. The highest BCUT2D eigenvalue weighted by Crippen LogP contribution is 2.24. The first kappa shape index (κ1) is 14.6. The maximum Gasteiger partial charge on any atom is 0.336 e. The first-order chi connectivity index (χ1) is 11.2. The molecule has 0 unspecified atom stereocenters. The summed E-state index contributed by atoms with van der Waals surface area (Å²) in [5.74, 6) is 5.29. The van der Waals surface area contributed by atoms with Gasteiger partial charge in [-0.15, -0.1) is 0 Å². The fraction of sp³-hybridized carbons (Fsp3) is 0. The fourth-order valence-electron chi connectivity index (χ4n) is 2.32. The van der Waals surface area contributed by atoms with Gasteiger partial charge in [0.15, 0.2) is 0 Å². The molecule has 0 amide bonds. The summed E-state index contributed by atoms with van der Waals surface area (Å²) >= 11 is 0. The van der Waals surface area contributed by atoms with Crippen molar-refractivity contribution in [3.05, 3.63) is 95.6 Å². The van der Waals surface area contributed by atoms with Gasteiger partial charge in [-0.3, -0.25) is 0 Å². The van der Waals surface area contributed by atoms with E-state index in [1.54, 1.807) is 12.1 Å². The number of benzene rings is 3. The number of aromatic carboxylic acids is 1. The lowest BCUT2D eigenvalue weighted by molar-refractivity contribution is 0.0697. The van der Waals surface area contributed by atoms with Crippen molar-refractivity contribution < 1.29 is 9.90 Å². The molecule has 0 saturated heterocycles. The zero-order chi connectivity index (χ0) is 16.1. The monoisotopic (exact) mass is 298 g/mol. The molecular weight excluding hydrogens is 284 g/mol. The van der Waals surface area contributed by atoms with Crippen LogP contribution in [0.1, 0.15) is 21.5 Å². The summed E-state index contributed by atoms with van der Waals surface area (Å²) in [5, 5.41) is 9.27. The highest BCUT2D eigenvalue weighted by atomic mass is 16.4. The predicted molar refractivity (Wildman–Crippen MR) is 91.3 cm³/mol. The van der Waals surface area contributed by atoms with E-state index in [4.69, 9.17) is 0 Å². The summed E-state index contributed by atoms with van der Waals surface area (Å²) in [5.41, 5.74) is 3.74. The molecule has 0 fully saturated rings. The minimum Gasteiger partial charge on any atom is -0.478 e. The minimum absolute atomic E-state index is 0.301. The third-order valence-corrected chi connectivity index (χ3v) is 3.48. The first-order valence-electron chi connectivity index (χ1n) is 7.24. The molecule has 0 saturated carbocycles. The van der Waals surface area contributed by atoms with E-state index in [-0.39, 0.29) is 0 Å². The largest absolute Gasteiger partial charge is 0.478 e. The lowest BCUT2D eigenvalue weighted by atomic mass is 9.99. The number of hydrogen-bond acceptors (Lipinski definition) is 1. The molecule has 0 spiro atoms. The molecule has 0 aliphatic rings. The first-order valence-corrected chi connectivity index (χ1v) is 7.24. The molecule has 0 aliphatic carbocycles. The summed E-state index contributed by atoms with van der Waals surface area (Å²) in [6.07, 6.45) is 0. The van der Waals surface area contributed by atoms with Gasteiger partial charge in [-0.2, -0.15) is 0 Å². The third-order valence-electron chi connectivity index (χ3n) is 3.48. The molecule has 3 aromatic carbocycles. The SMILES string of the molecule is O=C(O)c1ccccc1-c1ccc(C#Cc2ccccc2)cc1. The molecular formula is C21H14O2. The quantitative estimate of drug-likeness (QED) is 0.710. The van der Waals surface area contributed by atoms with Crippen LogP contribution in [0.2, 0.25) is 0 Å². The summed E-state index contributed by atoms with van der Waals surface area (Å²) in [6, 6.07) is 24.4. The van der Waals surface area contributed by atoms with Crippen LogP contribution in [0.4, 0.5) is 0 Å². The number of carbonyl (C=O) groups is 1. The van der Waals surface area contributed by atoms with E-state index in [2.05, 4.69) is 11.8 Å². The highest BCUT2D eigenvalue weighted by molar-refractivity contribution is 5.96. The molecule has 110 valence electrons. The van der Waals surface area contributed by atoms with Gasteiger partial charge in [0.05, 0.1) is 5.56 Å². The van der Waals surface area contributed by atoms with E-state index in [0.29, 0.717) is 11.1 Å².